The van der Waals surface area contributed by atoms with Gasteiger partial charge in [-0.05, 0) is 57.5 Å². The van der Waals surface area contributed by atoms with Crippen LogP contribution in [0, 0.1) is 5.92 Å². The van der Waals surface area contributed by atoms with Crippen molar-refractivity contribution in [1.82, 2.24) is 5.32 Å². The summed E-state index contributed by atoms with van der Waals surface area (Å²) in [6, 6.07) is 0. The quantitative estimate of drug-likeness (QED) is 0.697. The van der Waals surface area contributed by atoms with Crippen molar-refractivity contribution in [3.05, 3.63) is 0 Å². The maximum Gasteiger partial charge on any atom is 0.0650 e. The maximum absolute atomic E-state index is 9.71. The van der Waals surface area contributed by atoms with E-state index in [1.54, 1.807) is 0 Å². The van der Waals surface area contributed by atoms with Crippen molar-refractivity contribution in [2.45, 2.75) is 50.5 Å². The highest BCUT2D eigenvalue weighted by atomic mass is 16.3. The topological polar surface area (TPSA) is 32.3 Å². The molecule has 0 aromatic heterocycles. The van der Waals surface area contributed by atoms with Crippen molar-refractivity contribution in [2.24, 2.45) is 5.92 Å². The van der Waals surface area contributed by atoms with Gasteiger partial charge in [0.1, 0.15) is 0 Å². The van der Waals surface area contributed by atoms with Crippen LogP contribution in [-0.4, -0.2) is 23.8 Å². The minimum absolute atomic E-state index is 0.230. The van der Waals surface area contributed by atoms with Gasteiger partial charge < -0.3 is 10.4 Å². The van der Waals surface area contributed by atoms with E-state index in [4.69, 9.17) is 0 Å². The van der Waals surface area contributed by atoms with Crippen LogP contribution in [0.5, 0.6) is 0 Å². The second kappa shape index (κ2) is 3.97. The highest BCUT2D eigenvalue weighted by Crippen LogP contribution is 2.40. The van der Waals surface area contributed by atoms with Gasteiger partial charge in [0.25, 0.3) is 0 Å². The highest BCUT2D eigenvalue weighted by molar-refractivity contribution is 4.93. The summed E-state index contributed by atoms with van der Waals surface area (Å²) in [6.45, 7) is 2.37. The van der Waals surface area contributed by atoms with Crippen molar-refractivity contribution in [3.8, 4) is 0 Å². The average Bonchev–Trinajstić information content (AvgIpc) is 2.87. The minimum atomic E-state index is -0.230. The van der Waals surface area contributed by atoms with Crippen molar-refractivity contribution in [2.75, 3.05) is 13.1 Å². The lowest BCUT2D eigenvalue weighted by Gasteiger charge is -2.15. The number of hydrogen-bond donors (Lipinski definition) is 2. The molecule has 0 bridgehead atoms. The molecular weight excluding hydrogens is 162 g/mol. The molecule has 13 heavy (non-hydrogen) atoms. The summed E-state index contributed by atoms with van der Waals surface area (Å²) in [7, 11) is 0. The van der Waals surface area contributed by atoms with Gasteiger partial charge in [0.2, 0.25) is 0 Å². The molecule has 2 rings (SSSR count). The zero-order valence-corrected chi connectivity index (χ0v) is 8.39. The van der Waals surface area contributed by atoms with Crippen molar-refractivity contribution < 1.29 is 5.11 Å². The van der Waals surface area contributed by atoms with Crippen LogP contribution in [-0.2, 0) is 0 Å². The van der Waals surface area contributed by atoms with Gasteiger partial charge in [0.05, 0.1) is 5.60 Å². The maximum atomic E-state index is 9.71. The first-order valence-electron chi connectivity index (χ1n) is 5.72. The number of nitrogens with one attached hydrogen (secondary N) is 1. The van der Waals surface area contributed by atoms with Gasteiger partial charge >= 0.3 is 0 Å². The molecule has 76 valence electrons. The molecule has 1 heterocycles. The van der Waals surface area contributed by atoms with Gasteiger partial charge in [0, 0.05) is 0 Å². The number of rotatable bonds is 3. The monoisotopic (exact) mass is 183 g/mol. The van der Waals surface area contributed by atoms with Crippen LogP contribution in [0.3, 0.4) is 0 Å². The molecule has 2 aliphatic rings. The van der Waals surface area contributed by atoms with E-state index in [0.717, 1.165) is 25.2 Å². The molecule has 0 amide bonds. The van der Waals surface area contributed by atoms with Crippen LogP contribution in [0.15, 0.2) is 0 Å². The van der Waals surface area contributed by atoms with Crippen molar-refractivity contribution >= 4 is 0 Å². The smallest absolute Gasteiger partial charge is 0.0650 e. The van der Waals surface area contributed by atoms with Crippen molar-refractivity contribution in [1.29, 1.82) is 0 Å². The summed E-state index contributed by atoms with van der Waals surface area (Å²) in [5, 5.41) is 13.2. The van der Waals surface area contributed by atoms with Gasteiger partial charge in [0.15, 0.2) is 0 Å². The van der Waals surface area contributed by atoms with E-state index < -0.39 is 0 Å². The third kappa shape index (κ3) is 2.96. The fraction of sp³-hybridized carbons (Fsp3) is 1.00. The fourth-order valence-electron chi connectivity index (χ4n) is 2.20. The first kappa shape index (κ1) is 9.47. The second-order valence-corrected chi connectivity index (χ2v) is 4.83. The predicted molar refractivity (Wildman–Crippen MR) is 53.6 cm³/mol. The first-order chi connectivity index (χ1) is 6.29. The summed E-state index contributed by atoms with van der Waals surface area (Å²) in [4.78, 5) is 0. The van der Waals surface area contributed by atoms with E-state index in [1.807, 2.05) is 0 Å². The van der Waals surface area contributed by atoms with Crippen LogP contribution in [0.2, 0.25) is 0 Å². The Morgan fingerprint density at radius 1 is 1.31 bits per heavy atom. The molecule has 2 nitrogen and oxygen atoms in total. The van der Waals surface area contributed by atoms with Crippen LogP contribution in [0.1, 0.15) is 44.9 Å². The highest BCUT2D eigenvalue weighted by Gasteiger charge is 2.39. The Balaban J connectivity index is 1.67. The van der Waals surface area contributed by atoms with E-state index in [-0.39, 0.29) is 5.60 Å². The van der Waals surface area contributed by atoms with Gasteiger partial charge in [-0.3, -0.25) is 0 Å². The zero-order chi connectivity index (χ0) is 9.15. The summed E-state index contributed by atoms with van der Waals surface area (Å²) in [5.41, 5.74) is -0.230. The van der Waals surface area contributed by atoms with Crippen LogP contribution in [0.25, 0.3) is 0 Å². The third-order valence-corrected chi connectivity index (χ3v) is 3.49. The molecule has 0 spiro atoms. The summed E-state index contributed by atoms with van der Waals surface area (Å²) in [5.74, 6) is 0.826. The Kier molecular flexibility index (Phi) is 2.89. The number of hydrogen-bond acceptors (Lipinski definition) is 2. The molecule has 2 heteroatoms. The molecule has 0 radical (unpaired) electrons. The minimum Gasteiger partial charge on any atom is -0.390 e. The Hall–Kier alpha value is -0.0800. The molecule has 1 aliphatic carbocycles. The van der Waals surface area contributed by atoms with E-state index in [0.29, 0.717) is 0 Å². The van der Waals surface area contributed by atoms with Crippen LogP contribution in [0.4, 0.5) is 0 Å². The lowest BCUT2D eigenvalue weighted by molar-refractivity contribution is 0.129. The average molecular weight is 183 g/mol. The predicted octanol–water partition coefficient (Wildman–Crippen LogP) is 1.68. The molecule has 1 saturated heterocycles. The molecule has 2 fully saturated rings. The Morgan fingerprint density at radius 3 is 2.92 bits per heavy atom. The lowest BCUT2D eigenvalue weighted by atomic mass is 9.95. The van der Waals surface area contributed by atoms with Crippen molar-refractivity contribution in [3.63, 3.8) is 0 Å². The van der Waals surface area contributed by atoms with Crippen LogP contribution >= 0.6 is 0 Å². The van der Waals surface area contributed by atoms with E-state index in [1.165, 1.54) is 38.8 Å². The van der Waals surface area contributed by atoms with E-state index in [2.05, 4.69) is 5.32 Å². The molecule has 0 aromatic carbocycles. The van der Waals surface area contributed by atoms with Gasteiger partial charge in [-0.25, -0.2) is 0 Å². The second-order valence-electron chi connectivity index (χ2n) is 4.83. The lowest BCUT2D eigenvalue weighted by Crippen LogP contribution is -2.22. The van der Waals surface area contributed by atoms with E-state index >= 15 is 0 Å². The Morgan fingerprint density at radius 2 is 2.15 bits per heavy atom. The molecular formula is C11H21NO. The van der Waals surface area contributed by atoms with E-state index in [9.17, 15) is 5.11 Å². The fourth-order valence-corrected chi connectivity index (χ4v) is 2.20. The third-order valence-electron chi connectivity index (χ3n) is 3.49. The summed E-state index contributed by atoms with van der Waals surface area (Å²) >= 11 is 0. The van der Waals surface area contributed by atoms with Crippen LogP contribution < -0.4 is 5.32 Å². The summed E-state index contributed by atoms with van der Waals surface area (Å²) in [6.07, 6.45) is 8.43. The van der Waals surface area contributed by atoms with Gasteiger partial charge in [-0.2, -0.15) is 0 Å². The molecule has 2 N–H and O–H groups in total. The molecule has 1 aliphatic heterocycles. The zero-order valence-electron chi connectivity index (χ0n) is 8.39. The SMILES string of the molecule is OC1(CCC2CCCCNC2)CC1. The Labute approximate surface area is 80.7 Å². The van der Waals surface area contributed by atoms with Gasteiger partial charge in [-0.15, -0.1) is 0 Å². The first-order valence-corrected chi connectivity index (χ1v) is 5.72. The normalized spacial score (nSPS) is 32.5. The van der Waals surface area contributed by atoms with Gasteiger partial charge in [-0.1, -0.05) is 6.42 Å². The Bertz CT molecular complexity index is 157. The standard InChI is InChI=1S/C11H21NO/c13-11(6-7-11)5-4-10-3-1-2-8-12-9-10/h10,12-13H,1-9H2. The molecule has 0 aromatic rings. The number of aliphatic hydroxyl groups is 1. The summed E-state index contributed by atoms with van der Waals surface area (Å²) < 4.78 is 0. The largest absolute Gasteiger partial charge is 0.390 e. The molecule has 1 saturated carbocycles. The molecule has 1 unspecified atom stereocenters. The molecule has 1 atom stereocenters.